The monoisotopic (exact) mass is 344 g/mol. The van der Waals surface area contributed by atoms with Crippen molar-refractivity contribution < 1.29 is 9.53 Å². The molecule has 1 saturated heterocycles. The minimum atomic E-state index is 0.133. The molecular formula is C19H24N2O2S. The first-order chi connectivity index (χ1) is 11.6. The predicted octanol–water partition coefficient (Wildman–Crippen LogP) is 4.36. The fraction of sp³-hybridized carbons (Fsp3) is 0.474. The van der Waals surface area contributed by atoms with Crippen LogP contribution in [0, 0.1) is 13.8 Å². The Morgan fingerprint density at radius 2 is 1.79 bits per heavy atom. The summed E-state index contributed by atoms with van der Waals surface area (Å²) >= 11 is 1.46. The van der Waals surface area contributed by atoms with E-state index in [1.807, 2.05) is 36.1 Å². The molecule has 24 heavy (non-hydrogen) atoms. The summed E-state index contributed by atoms with van der Waals surface area (Å²) in [6, 6.07) is 7.96. The van der Waals surface area contributed by atoms with E-state index in [2.05, 4.69) is 11.9 Å². The van der Waals surface area contributed by atoms with E-state index < -0.39 is 0 Å². The average molecular weight is 344 g/mol. The first-order valence-corrected chi connectivity index (χ1v) is 9.40. The van der Waals surface area contributed by atoms with E-state index in [4.69, 9.17) is 4.74 Å². The van der Waals surface area contributed by atoms with Crippen LogP contribution in [0.1, 0.15) is 51.6 Å². The summed E-state index contributed by atoms with van der Waals surface area (Å²) < 4.78 is 5.78. The number of hydrogen-bond acceptors (Lipinski definition) is 4. The van der Waals surface area contributed by atoms with Crippen molar-refractivity contribution in [2.75, 3.05) is 13.1 Å². The number of ether oxygens (including phenoxy) is 1. The van der Waals surface area contributed by atoms with E-state index in [1.54, 1.807) is 0 Å². The van der Waals surface area contributed by atoms with Gasteiger partial charge in [-0.25, -0.2) is 4.98 Å². The fourth-order valence-electron chi connectivity index (χ4n) is 2.91. The summed E-state index contributed by atoms with van der Waals surface area (Å²) in [4.78, 5) is 20.0. The number of aryl methyl sites for hydroxylation is 2. The Hall–Kier alpha value is -1.88. The van der Waals surface area contributed by atoms with Crippen LogP contribution in [0.5, 0.6) is 5.75 Å². The Morgan fingerprint density at radius 1 is 1.12 bits per heavy atom. The number of amides is 1. The van der Waals surface area contributed by atoms with E-state index in [-0.39, 0.29) is 5.91 Å². The number of carbonyl (C=O) groups excluding carboxylic acids is 1. The van der Waals surface area contributed by atoms with Gasteiger partial charge in [0.1, 0.15) is 22.2 Å². The van der Waals surface area contributed by atoms with Gasteiger partial charge in [-0.3, -0.25) is 4.79 Å². The van der Waals surface area contributed by atoms with E-state index in [0.717, 1.165) is 47.3 Å². The maximum atomic E-state index is 12.8. The predicted molar refractivity (Wildman–Crippen MR) is 96.7 cm³/mol. The highest BCUT2D eigenvalue weighted by Gasteiger charge is 2.22. The van der Waals surface area contributed by atoms with Crippen molar-refractivity contribution in [1.29, 1.82) is 0 Å². The molecule has 0 spiro atoms. The normalized spacial score (nSPS) is 15.2. The molecule has 1 aromatic heterocycles. The van der Waals surface area contributed by atoms with Gasteiger partial charge in [-0.2, -0.15) is 0 Å². The second-order valence-electron chi connectivity index (χ2n) is 6.33. The van der Waals surface area contributed by atoms with Crippen LogP contribution < -0.4 is 4.74 Å². The van der Waals surface area contributed by atoms with Crippen LogP contribution in [0.4, 0.5) is 0 Å². The Labute approximate surface area is 147 Å². The van der Waals surface area contributed by atoms with Gasteiger partial charge in [0.15, 0.2) is 0 Å². The molecule has 1 aromatic carbocycles. The molecule has 0 saturated carbocycles. The number of aromatic nitrogens is 1. The molecule has 128 valence electrons. The maximum absolute atomic E-state index is 12.8. The Kier molecular flexibility index (Phi) is 5.51. The molecule has 0 bridgehead atoms. The smallest absolute Gasteiger partial charge is 0.265 e. The molecule has 1 aliphatic heterocycles. The molecule has 2 aromatic rings. The molecule has 1 amide bonds. The molecule has 4 nitrogen and oxygen atoms in total. The molecule has 0 aliphatic carbocycles. The molecule has 0 unspecified atom stereocenters. The third kappa shape index (κ3) is 4.15. The van der Waals surface area contributed by atoms with E-state index in [0.29, 0.717) is 6.61 Å². The average Bonchev–Trinajstić information content (AvgIpc) is 2.78. The Balaban J connectivity index is 1.65. The van der Waals surface area contributed by atoms with E-state index >= 15 is 0 Å². The second-order valence-corrected chi connectivity index (χ2v) is 7.41. The summed E-state index contributed by atoms with van der Waals surface area (Å²) in [7, 11) is 0. The number of carbonyl (C=O) groups is 1. The number of likely N-dealkylation sites (tertiary alicyclic amines) is 1. The molecule has 1 fully saturated rings. The molecule has 1 aliphatic rings. The van der Waals surface area contributed by atoms with Crippen LogP contribution in [-0.2, 0) is 6.61 Å². The third-order valence-corrected chi connectivity index (χ3v) is 5.43. The zero-order chi connectivity index (χ0) is 16.9. The standard InChI is InChI=1S/C19H24N2O2S/c1-14-7-9-16(10-8-14)23-13-17-20-15(2)18(24-17)19(22)21-11-5-3-4-6-12-21/h7-10H,3-6,11-13H2,1-2H3. The van der Waals surface area contributed by atoms with Gasteiger partial charge in [0.05, 0.1) is 5.69 Å². The highest BCUT2D eigenvalue weighted by atomic mass is 32.1. The lowest BCUT2D eigenvalue weighted by molar-refractivity contribution is 0.0765. The topological polar surface area (TPSA) is 42.4 Å². The minimum absolute atomic E-state index is 0.133. The Bertz CT molecular complexity index is 686. The van der Waals surface area contributed by atoms with E-state index in [9.17, 15) is 4.79 Å². The van der Waals surface area contributed by atoms with Gasteiger partial charge in [0.25, 0.3) is 5.91 Å². The van der Waals surface area contributed by atoms with Gasteiger partial charge >= 0.3 is 0 Å². The first kappa shape index (κ1) is 17.0. The molecule has 0 N–H and O–H groups in total. The van der Waals surface area contributed by atoms with Gasteiger partial charge in [0.2, 0.25) is 0 Å². The first-order valence-electron chi connectivity index (χ1n) is 8.58. The number of hydrogen-bond donors (Lipinski definition) is 0. The molecule has 5 heteroatoms. The van der Waals surface area contributed by atoms with Gasteiger partial charge in [-0.1, -0.05) is 30.5 Å². The van der Waals surface area contributed by atoms with Crippen LogP contribution >= 0.6 is 11.3 Å². The van der Waals surface area contributed by atoms with Gasteiger partial charge in [0, 0.05) is 13.1 Å². The SMILES string of the molecule is Cc1ccc(OCc2nc(C)c(C(=O)N3CCCCCC3)s2)cc1. The molecule has 3 rings (SSSR count). The summed E-state index contributed by atoms with van der Waals surface area (Å²) in [5.74, 6) is 0.960. The van der Waals surface area contributed by atoms with Crippen LogP contribution in [0.15, 0.2) is 24.3 Å². The highest BCUT2D eigenvalue weighted by molar-refractivity contribution is 7.13. The molecule has 0 atom stereocenters. The zero-order valence-electron chi connectivity index (χ0n) is 14.4. The van der Waals surface area contributed by atoms with Gasteiger partial charge < -0.3 is 9.64 Å². The second kappa shape index (κ2) is 7.79. The van der Waals surface area contributed by atoms with Crippen LogP contribution in [0.3, 0.4) is 0 Å². The molecule has 0 radical (unpaired) electrons. The zero-order valence-corrected chi connectivity index (χ0v) is 15.2. The van der Waals surface area contributed by atoms with Crippen molar-refractivity contribution in [3.05, 3.63) is 45.4 Å². The van der Waals surface area contributed by atoms with Crippen molar-refractivity contribution in [2.24, 2.45) is 0 Å². The largest absolute Gasteiger partial charge is 0.486 e. The lowest BCUT2D eigenvalue weighted by Gasteiger charge is -2.19. The number of nitrogens with zero attached hydrogens (tertiary/aromatic N) is 2. The summed E-state index contributed by atoms with van der Waals surface area (Å²) in [6.07, 6.45) is 4.65. The quantitative estimate of drug-likeness (QED) is 0.828. The minimum Gasteiger partial charge on any atom is -0.486 e. The van der Waals surface area contributed by atoms with Crippen LogP contribution in [-0.4, -0.2) is 28.9 Å². The molecule has 2 heterocycles. The van der Waals surface area contributed by atoms with Crippen molar-refractivity contribution >= 4 is 17.2 Å². The lowest BCUT2D eigenvalue weighted by Crippen LogP contribution is -2.31. The van der Waals surface area contributed by atoms with Gasteiger partial charge in [-0.15, -0.1) is 11.3 Å². The number of benzene rings is 1. The third-order valence-electron chi connectivity index (χ3n) is 4.31. The highest BCUT2D eigenvalue weighted by Crippen LogP contribution is 2.23. The van der Waals surface area contributed by atoms with Gasteiger partial charge in [-0.05, 0) is 38.8 Å². The number of thiazole rings is 1. The Morgan fingerprint density at radius 3 is 2.46 bits per heavy atom. The van der Waals surface area contributed by atoms with Crippen molar-refractivity contribution in [1.82, 2.24) is 9.88 Å². The maximum Gasteiger partial charge on any atom is 0.265 e. The summed E-state index contributed by atoms with van der Waals surface area (Å²) in [5.41, 5.74) is 2.02. The summed E-state index contributed by atoms with van der Waals surface area (Å²) in [6.45, 7) is 6.10. The van der Waals surface area contributed by atoms with Crippen molar-refractivity contribution in [2.45, 2.75) is 46.1 Å². The van der Waals surface area contributed by atoms with Crippen LogP contribution in [0.2, 0.25) is 0 Å². The van der Waals surface area contributed by atoms with Crippen molar-refractivity contribution in [3.63, 3.8) is 0 Å². The van der Waals surface area contributed by atoms with Crippen molar-refractivity contribution in [3.8, 4) is 5.75 Å². The summed E-state index contributed by atoms with van der Waals surface area (Å²) in [5, 5.41) is 0.853. The van der Waals surface area contributed by atoms with Crippen LogP contribution in [0.25, 0.3) is 0 Å². The fourth-order valence-corrected chi connectivity index (χ4v) is 3.86. The molecular weight excluding hydrogens is 320 g/mol. The number of rotatable bonds is 4. The van der Waals surface area contributed by atoms with E-state index in [1.165, 1.54) is 29.7 Å². The lowest BCUT2D eigenvalue weighted by atomic mass is 10.2.